The van der Waals surface area contributed by atoms with Gasteiger partial charge in [-0.15, -0.1) is 0 Å². The molecule has 8 rings (SSSR count). The SMILES string of the molecule is COc1ncnc(C2CC2)c1-c1ncnc(N(CC2=NNC3OC3c3ccccc32)[C@@H](C)c2ccc(-c3nc(C(F)(F)F)cn3C(C)C)cc2)n1. The van der Waals surface area contributed by atoms with Crippen molar-refractivity contribution in [1.29, 1.82) is 0 Å². The zero-order valence-corrected chi connectivity index (χ0v) is 28.3. The number of fused-ring (bicyclic) bond motifs is 3. The number of halogens is 3. The van der Waals surface area contributed by atoms with Crippen LogP contribution >= 0.6 is 0 Å². The summed E-state index contributed by atoms with van der Waals surface area (Å²) in [5.41, 5.74) is 7.90. The van der Waals surface area contributed by atoms with Gasteiger partial charge in [0.25, 0.3) is 0 Å². The largest absolute Gasteiger partial charge is 0.480 e. The van der Waals surface area contributed by atoms with Crippen molar-refractivity contribution in [1.82, 2.24) is 39.9 Å². The highest BCUT2D eigenvalue weighted by molar-refractivity contribution is 6.05. The van der Waals surface area contributed by atoms with E-state index in [1.54, 1.807) is 23.8 Å². The van der Waals surface area contributed by atoms with E-state index < -0.39 is 11.9 Å². The van der Waals surface area contributed by atoms with E-state index in [1.165, 1.54) is 12.7 Å². The lowest BCUT2D eigenvalue weighted by atomic mass is 9.99. The van der Waals surface area contributed by atoms with Crippen molar-refractivity contribution >= 4 is 11.7 Å². The molecule has 3 aromatic heterocycles. The quantitative estimate of drug-likeness (QED) is 0.158. The summed E-state index contributed by atoms with van der Waals surface area (Å²) in [4.78, 5) is 29.1. The molecule has 1 N–H and O–H groups in total. The van der Waals surface area contributed by atoms with Crippen LogP contribution in [0.3, 0.4) is 0 Å². The van der Waals surface area contributed by atoms with Crippen LogP contribution in [-0.4, -0.2) is 60.1 Å². The Bertz CT molecular complexity index is 2110. The van der Waals surface area contributed by atoms with Crippen LogP contribution in [0.25, 0.3) is 22.8 Å². The average Bonchev–Trinajstić information content (AvgIpc) is 4.07. The van der Waals surface area contributed by atoms with E-state index in [-0.39, 0.29) is 36.2 Å². The first-order valence-corrected chi connectivity index (χ1v) is 16.8. The van der Waals surface area contributed by atoms with Crippen molar-refractivity contribution in [3.05, 3.63) is 95.5 Å². The van der Waals surface area contributed by atoms with Crippen LogP contribution in [0.1, 0.15) is 85.8 Å². The van der Waals surface area contributed by atoms with Crippen LogP contribution < -0.4 is 15.1 Å². The second-order valence-electron chi connectivity index (χ2n) is 13.2. The lowest BCUT2D eigenvalue weighted by molar-refractivity contribution is -0.140. The molecular formula is C36H35F3N10O2. The van der Waals surface area contributed by atoms with E-state index in [2.05, 4.69) is 30.3 Å². The third-order valence-corrected chi connectivity index (χ3v) is 9.45. The molecule has 0 amide bonds. The molecule has 2 aliphatic heterocycles. The molecule has 1 aliphatic carbocycles. The topological polar surface area (TPSA) is 132 Å². The van der Waals surface area contributed by atoms with Crippen molar-refractivity contribution in [3.63, 3.8) is 0 Å². The lowest BCUT2D eigenvalue weighted by Crippen LogP contribution is -2.35. The van der Waals surface area contributed by atoms with Gasteiger partial charge in [0.15, 0.2) is 17.7 Å². The molecule has 3 aliphatic rings. The number of nitrogens with zero attached hydrogens (tertiary/aromatic N) is 9. The first kappa shape index (κ1) is 32.7. The van der Waals surface area contributed by atoms with Gasteiger partial charge in [0.2, 0.25) is 11.8 Å². The summed E-state index contributed by atoms with van der Waals surface area (Å²) in [6.45, 7) is 5.98. The summed E-state index contributed by atoms with van der Waals surface area (Å²) in [6.07, 6.45) is 1.21. The van der Waals surface area contributed by atoms with Crippen molar-refractivity contribution in [2.75, 3.05) is 18.6 Å². The number of ether oxygens (including phenoxy) is 2. The number of aromatic nitrogens is 7. The molecule has 0 spiro atoms. The van der Waals surface area contributed by atoms with Crippen molar-refractivity contribution in [2.45, 2.75) is 70.1 Å². The Balaban J connectivity index is 1.19. The van der Waals surface area contributed by atoms with Gasteiger partial charge in [0.05, 0.1) is 31.1 Å². The van der Waals surface area contributed by atoms with Gasteiger partial charge >= 0.3 is 6.18 Å². The lowest BCUT2D eigenvalue weighted by Gasteiger charge is -2.30. The summed E-state index contributed by atoms with van der Waals surface area (Å²) < 4.78 is 53.9. The molecule has 3 atom stereocenters. The molecular weight excluding hydrogens is 661 g/mol. The van der Waals surface area contributed by atoms with E-state index in [1.807, 2.05) is 62.1 Å². The highest BCUT2D eigenvalue weighted by atomic mass is 19.4. The second-order valence-corrected chi connectivity index (χ2v) is 13.2. The molecule has 0 radical (unpaired) electrons. The van der Waals surface area contributed by atoms with E-state index in [0.717, 1.165) is 47.1 Å². The number of alkyl halides is 3. The molecule has 0 bridgehead atoms. The van der Waals surface area contributed by atoms with Crippen molar-refractivity contribution < 1.29 is 22.6 Å². The van der Waals surface area contributed by atoms with Crippen LogP contribution in [0.2, 0.25) is 0 Å². The number of rotatable bonds is 10. The minimum absolute atomic E-state index is 0.0905. The first-order valence-electron chi connectivity index (χ1n) is 16.8. The predicted octanol–water partition coefficient (Wildman–Crippen LogP) is 6.65. The Kier molecular flexibility index (Phi) is 8.16. The molecule has 262 valence electrons. The van der Waals surface area contributed by atoms with Crippen LogP contribution in [-0.2, 0) is 10.9 Å². The minimum Gasteiger partial charge on any atom is -0.480 e. The third kappa shape index (κ3) is 6.26. The van der Waals surface area contributed by atoms with Gasteiger partial charge in [-0.2, -0.15) is 23.3 Å². The molecule has 5 aromatic rings. The van der Waals surface area contributed by atoms with Gasteiger partial charge in [-0.3, -0.25) is 5.43 Å². The van der Waals surface area contributed by atoms with E-state index in [0.29, 0.717) is 35.3 Å². The fraction of sp³-hybridized carbons (Fsp3) is 0.361. The monoisotopic (exact) mass is 696 g/mol. The number of hydrogen-bond donors (Lipinski definition) is 1. The van der Waals surface area contributed by atoms with Crippen LogP contribution in [0.5, 0.6) is 5.88 Å². The van der Waals surface area contributed by atoms with Gasteiger partial charge in [-0.25, -0.2) is 24.9 Å². The van der Waals surface area contributed by atoms with Crippen LogP contribution in [0.4, 0.5) is 19.1 Å². The number of epoxide rings is 1. The minimum atomic E-state index is -4.55. The van der Waals surface area contributed by atoms with Gasteiger partial charge in [-0.05, 0) is 44.7 Å². The average molecular weight is 697 g/mol. The fourth-order valence-corrected chi connectivity index (χ4v) is 6.51. The van der Waals surface area contributed by atoms with Gasteiger partial charge < -0.3 is 18.9 Å². The summed E-state index contributed by atoms with van der Waals surface area (Å²) >= 11 is 0. The summed E-state index contributed by atoms with van der Waals surface area (Å²) in [5.74, 6) is 1.69. The van der Waals surface area contributed by atoms with E-state index >= 15 is 0 Å². The molecule has 2 aromatic carbocycles. The number of benzene rings is 2. The van der Waals surface area contributed by atoms with Crippen molar-refractivity contribution in [2.24, 2.45) is 5.10 Å². The maximum atomic E-state index is 13.6. The van der Waals surface area contributed by atoms with E-state index in [9.17, 15) is 13.2 Å². The smallest absolute Gasteiger partial charge is 0.434 e. The number of imidazole rings is 1. The van der Waals surface area contributed by atoms with Gasteiger partial charge in [0, 0.05) is 29.3 Å². The zero-order valence-electron chi connectivity index (χ0n) is 28.3. The molecule has 2 unspecified atom stereocenters. The third-order valence-electron chi connectivity index (χ3n) is 9.45. The second kappa shape index (κ2) is 12.7. The number of nitrogens with one attached hydrogen (secondary N) is 1. The maximum absolute atomic E-state index is 13.6. The number of anilines is 1. The Morgan fingerprint density at radius 3 is 2.47 bits per heavy atom. The normalized spacial score (nSPS) is 18.6. The highest BCUT2D eigenvalue weighted by Gasteiger charge is 2.44. The van der Waals surface area contributed by atoms with Crippen molar-refractivity contribution in [3.8, 4) is 28.7 Å². The fourth-order valence-electron chi connectivity index (χ4n) is 6.51. The number of methoxy groups -OCH3 is 1. The van der Waals surface area contributed by atoms with Crippen LogP contribution in [0, 0.1) is 0 Å². The Morgan fingerprint density at radius 1 is 0.980 bits per heavy atom. The molecule has 12 nitrogen and oxygen atoms in total. The molecule has 1 saturated heterocycles. The number of hydrogen-bond acceptors (Lipinski definition) is 11. The molecule has 5 heterocycles. The summed E-state index contributed by atoms with van der Waals surface area (Å²) in [5, 5.41) is 4.77. The van der Waals surface area contributed by atoms with Gasteiger partial charge in [0.1, 0.15) is 30.1 Å². The summed E-state index contributed by atoms with van der Waals surface area (Å²) in [6, 6.07) is 14.8. The molecule has 15 heteroatoms. The Hall–Kier alpha value is -5.44. The molecule has 51 heavy (non-hydrogen) atoms. The van der Waals surface area contributed by atoms with Crippen LogP contribution in [0.15, 0.2) is 72.5 Å². The maximum Gasteiger partial charge on any atom is 0.434 e. The predicted molar refractivity (Wildman–Crippen MR) is 182 cm³/mol. The Morgan fingerprint density at radius 2 is 1.75 bits per heavy atom. The molecule has 2 fully saturated rings. The van der Waals surface area contributed by atoms with E-state index in [4.69, 9.17) is 19.6 Å². The zero-order chi connectivity index (χ0) is 35.4. The highest BCUT2D eigenvalue weighted by Crippen LogP contribution is 2.45. The standard InChI is InChI=1S/C36H35F3N10O2/c1-19(2)48-16-27(36(37,38)39)44-32(48)23-13-9-21(10-14-23)20(3)49(15-26-24-7-5-6-8-25(24)30-34(51-30)47-46-26)35-43-18-41-31(45-35)28-29(22-11-12-22)40-17-42-33(28)50-4/h5-10,13-14,16-20,22,30,34,47H,11-12,15H2,1-4H3/t20-,30?,34?/m0/s1. The Labute approximate surface area is 291 Å². The first-order chi connectivity index (χ1) is 24.6. The molecule has 1 saturated carbocycles. The van der Waals surface area contributed by atoms with Gasteiger partial charge in [-0.1, -0.05) is 48.5 Å². The number of hydrazone groups is 1. The summed E-state index contributed by atoms with van der Waals surface area (Å²) in [7, 11) is 1.56.